The first-order valence-corrected chi connectivity index (χ1v) is 9.11. The van der Waals surface area contributed by atoms with Crippen molar-refractivity contribution in [1.29, 1.82) is 0 Å². The van der Waals surface area contributed by atoms with Crippen molar-refractivity contribution < 1.29 is 9.59 Å². The molecule has 3 rings (SSSR count). The average Bonchev–Trinajstić information content (AvgIpc) is 3.26. The highest BCUT2D eigenvalue weighted by Gasteiger charge is 2.28. The summed E-state index contributed by atoms with van der Waals surface area (Å²) in [6, 6.07) is 5.74. The molecule has 1 N–H and O–H groups in total. The maximum absolute atomic E-state index is 12.5. The summed E-state index contributed by atoms with van der Waals surface area (Å²) in [4.78, 5) is 27.4. The van der Waals surface area contributed by atoms with E-state index in [4.69, 9.17) is 0 Å². The van der Waals surface area contributed by atoms with Crippen LogP contribution < -0.4 is 5.32 Å². The Morgan fingerprint density at radius 3 is 2.67 bits per heavy atom. The summed E-state index contributed by atoms with van der Waals surface area (Å²) >= 11 is 1.46. The quantitative estimate of drug-likeness (QED) is 0.925. The summed E-state index contributed by atoms with van der Waals surface area (Å²) in [7, 11) is 0. The molecule has 1 aliphatic rings. The largest absolute Gasteiger partial charge is 0.338 e. The van der Waals surface area contributed by atoms with Crippen molar-refractivity contribution in [1.82, 2.24) is 14.7 Å². The number of aromatic nitrogens is 2. The summed E-state index contributed by atoms with van der Waals surface area (Å²) < 4.78 is 1.80. The van der Waals surface area contributed by atoms with E-state index in [2.05, 4.69) is 10.4 Å². The van der Waals surface area contributed by atoms with Crippen molar-refractivity contribution in [3.05, 3.63) is 34.7 Å². The number of anilines is 1. The van der Waals surface area contributed by atoms with Gasteiger partial charge in [0.15, 0.2) is 0 Å². The van der Waals surface area contributed by atoms with Gasteiger partial charge in [-0.05, 0) is 38.1 Å². The molecule has 0 radical (unpaired) electrons. The Balaban J connectivity index is 1.55. The Kier molecular flexibility index (Phi) is 4.99. The monoisotopic (exact) mass is 346 g/mol. The van der Waals surface area contributed by atoms with Crippen LogP contribution in [0.5, 0.6) is 0 Å². The van der Waals surface area contributed by atoms with Crippen LogP contribution in [0.3, 0.4) is 0 Å². The second-order valence-electron chi connectivity index (χ2n) is 6.29. The number of nitrogens with zero attached hydrogens (tertiary/aromatic N) is 3. The standard InChI is InChI=1S/C17H22N4O2S/c1-12(2)21-15(5-8-18-21)19-16(22)13-6-9-20(10-7-13)17(23)14-4-3-11-24-14/h3-5,8,11-13H,6-7,9-10H2,1-2H3,(H,19,22). The van der Waals surface area contributed by atoms with E-state index in [0.29, 0.717) is 25.9 Å². The molecule has 0 spiro atoms. The highest BCUT2D eigenvalue weighted by Crippen LogP contribution is 2.23. The van der Waals surface area contributed by atoms with Crippen LogP contribution in [0, 0.1) is 5.92 Å². The predicted molar refractivity (Wildman–Crippen MR) is 94.2 cm³/mol. The second kappa shape index (κ2) is 7.17. The number of thiophene rings is 1. The number of carbonyl (C=O) groups is 2. The molecular formula is C17H22N4O2S. The number of hydrogen-bond donors (Lipinski definition) is 1. The number of likely N-dealkylation sites (tertiary alicyclic amines) is 1. The van der Waals surface area contributed by atoms with Gasteiger partial charge >= 0.3 is 0 Å². The van der Waals surface area contributed by atoms with Crippen LogP contribution in [0.25, 0.3) is 0 Å². The lowest BCUT2D eigenvalue weighted by Crippen LogP contribution is -2.41. The average molecular weight is 346 g/mol. The summed E-state index contributed by atoms with van der Waals surface area (Å²) in [5.41, 5.74) is 0. The van der Waals surface area contributed by atoms with Gasteiger partial charge in [0.05, 0.1) is 11.1 Å². The number of amides is 2. The molecule has 6 nitrogen and oxygen atoms in total. The molecule has 2 aromatic heterocycles. The first-order chi connectivity index (χ1) is 11.6. The van der Waals surface area contributed by atoms with Gasteiger partial charge < -0.3 is 10.2 Å². The minimum atomic E-state index is -0.0621. The number of rotatable bonds is 4. The maximum Gasteiger partial charge on any atom is 0.263 e. The van der Waals surface area contributed by atoms with Crippen LogP contribution in [-0.4, -0.2) is 39.6 Å². The van der Waals surface area contributed by atoms with Crippen molar-refractivity contribution in [2.45, 2.75) is 32.7 Å². The summed E-state index contributed by atoms with van der Waals surface area (Å²) in [5, 5.41) is 9.11. The molecule has 0 aromatic carbocycles. The van der Waals surface area contributed by atoms with Crippen LogP contribution in [0.2, 0.25) is 0 Å². The minimum absolute atomic E-state index is 0.0145. The summed E-state index contributed by atoms with van der Waals surface area (Å²) in [6.45, 7) is 5.30. The summed E-state index contributed by atoms with van der Waals surface area (Å²) in [5.74, 6) is 0.752. The van der Waals surface area contributed by atoms with Gasteiger partial charge in [0.1, 0.15) is 5.82 Å². The molecular weight excluding hydrogens is 324 g/mol. The van der Waals surface area contributed by atoms with Gasteiger partial charge in [-0.25, -0.2) is 4.68 Å². The smallest absolute Gasteiger partial charge is 0.263 e. The van der Waals surface area contributed by atoms with E-state index in [1.54, 1.807) is 10.9 Å². The Labute approximate surface area is 145 Å². The topological polar surface area (TPSA) is 67.2 Å². The molecule has 2 aromatic rings. The fraction of sp³-hybridized carbons (Fsp3) is 0.471. The molecule has 0 saturated carbocycles. The molecule has 7 heteroatoms. The van der Waals surface area contributed by atoms with Crippen LogP contribution in [0.4, 0.5) is 5.82 Å². The van der Waals surface area contributed by atoms with E-state index in [1.807, 2.05) is 42.3 Å². The van der Waals surface area contributed by atoms with Gasteiger partial charge in [0.25, 0.3) is 5.91 Å². The summed E-state index contributed by atoms with van der Waals surface area (Å²) in [6.07, 6.45) is 3.08. The molecule has 0 aliphatic carbocycles. The van der Waals surface area contributed by atoms with E-state index < -0.39 is 0 Å². The third kappa shape index (κ3) is 3.51. The van der Waals surface area contributed by atoms with Gasteiger partial charge in [0, 0.05) is 31.1 Å². The lowest BCUT2D eigenvalue weighted by Gasteiger charge is -2.31. The van der Waals surface area contributed by atoms with Crippen LogP contribution in [-0.2, 0) is 4.79 Å². The third-order valence-corrected chi connectivity index (χ3v) is 5.15. The van der Waals surface area contributed by atoms with E-state index >= 15 is 0 Å². The lowest BCUT2D eigenvalue weighted by molar-refractivity contribution is -0.121. The van der Waals surface area contributed by atoms with Gasteiger partial charge in [-0.3, -0.25) is 9.59 Å². The van der Waals surface area contributed by atoms with Crippen molar-refractivity contribution in [2.75, 3.05) is 18.4 Å². The fourth-order valence-corrected chi connectivity index (χ4v) is 3.64. The first kappa shape index (κ1) is 16.7. The molecule has 1 aliphatic heterocycles. The van der Waals surface area contributed by atoms with E-state index in [0.717, 1.165) is 10.7 Å². The molecule has 128 valence electrons. The Morgan fingerprint density at radius 1 is 1.29 bits per heavy atom. The van der Waals surface area contributed by atoms with E-state index in [1.165, 1.54) is 11.3 Å². The van der Waals surface area contributed by atoms with Crippen molar-refractivity contribution >= 4 is 29.0 Å². The Morgan fingerprint density at radius 2 is 2.04 bits per heavy atom. The SMILES string of the molecule is CC(C)n1nccc1NC(=O)C1CCN(C(=O)c2cccs2)CC1. The zero-order chi connectivity index (χ0) is 17.1. The third-order valence-electron chi connectivity index (χ3n) is 4.30. The van der Waals surface area contributed by atoms with Gasteiger partial charge in [-0.2, -0.15) is 5.10 Å². The van der Waals surface area contributed by atoms with Crippen LogP contribution >= 0.6 is 11.3 Å². The molecule has 0 atom stereocenters. The highest BCUT2D eigenvalue weighted by molar-refractivity contribution is 7.12. The van der Waals surface area contributed by atoms with Crippen molar-refractivity contribution in [3.8, 4) is 0 Å². The Hall–Kier alpha value is -2.15. The van der Waals surface area contributed by atoms with Crippen molar-refractivity contribution in [3.63, 3.8) is 0 Å². The zero-order valence-corrected chi connectivity index (χ0v) is 14.8. The lowest BCUT2D eigenvalue weighted by atomic mass is 9.96. The molecule has 1 saturated heterocycles. The van der Waals surface area contributed by atoms with E-state index in [9.17, 15) is 9.59 Å². The van der Waals surface area contributed by atoms with Crippen LogP contribution in [0.15, 0.2) is 29.8 Å². The maximum atomic E-state index is 12.5. The molecule has 0 bridgehead atoms. The fourth-order valence-electron chi connectivity index (χ4n) is 2.95. The van der Waals surface area contributed by atoms with Gasteiger partial charge in [0.2, 0.25) is 5.91 Å². The predicted octanol–water partition coefficient (Wildman–Crippen LogP) is 3.02. The minimum Gasteiger partial charge on any atom is -0.338 e. The second-order valence-corrected chi connectivity index (χ2v) is 7.24. The number of nitrogens with one attached hydrogen (secondary N) is 1. The Bertz CT molecular complexity index is 700. The highest BCUT2D eigenvalue weighted by atomic mass is 32.1. The molecule has 24 heavy (non-hydrogen) atoms. The first-order valence-electron chi connectivity index (χ1n) is 8.23. The van der Waals surface area contributed by atoms with Gasteiger partial charge in [-0.15, -0.1) is 11.3 Å². The molecule has 3 heterocycles. The molecule has 0 unspecified atom stereocenters. The van der Waals surface area contributed by atoms with Crippen molar-refractivity contribution in [2.24, 2.45) is 5.92 Å². The zero-order valence-electron chi connectivity index (χ0n) is 13.9. The molecule has 2 amide bonds. The number of carbonyl (C=O) groups excluding carboxylic acids is 2. The normalized spacial score (nSPS) is 15.7. The van der Waals surface area contributed by atoms with Gasteiger partial charge in [-0.1, -0.05) is 6.07 Å². The number of hydrogen-bond acceptors (Lipinski definition) is 4. The number of piperidine rings is 1. The van der Waals surface area contributed by atoms with Crippen LogP contribution in [0.1, 0.15) is 42.4 Å². The van der Waals surface area contributed by atoms with E-state index in [-0.39, 0.29) is 23.8 Å². The molecule has 1 fully saturated rings.